The number of hydrogen-bond acceptors (Lipinski definition) is 1. The largest absolute Gasteiger partial charge is 0.434 e. The van der Waals surface area contributed by atoms with Crippen molar-refractivity contribution in [2.45, 2.75) is 45.8 Å². The van der Waals surface area contributed by atoms with Crippen molar-refractivity contribution in [2.75, 3.05) is 0 Å². The van der Waals surface area contributed by atoms with Crippen LogP contribution in [0, 0.1) is 0 Å². The van der Waals surface area contributed by atoms with Crippen LogP contribution in [0.25, 0.3) is 22.5 Å². The molecule has 0 bridgehead atoms. The molecule has 0 aliphatic heterocycles. The second kappa shape index (κ2) is 8.69. The van der Waals surface area contributed by atoms with E-state index in [1.807, 2.05) is 30.5 Å². The fourth-order valence-corrected chi connectivity index (χ4v) is 3.98. The topological polar surface area (TPSA) is 33.6 Å². The summed E-state index contributed by atoms with van der Waals surface area (Å²) in [6.45, 7) is 6.61. The Morgan fingerprint density at radius 3 is 2.38 bits per heavy atom. The van der Waals surface area contributed by atoms with E-state index in [2.05, 4.69) is 54.1 Å². The molecule has 0 fully saturated rings. The molecule has 4 aromatic rings. The predicted octanol–water partition coefficient (Wildman–Crippen LogP) is 7.30. The summed E-state index contributed by atoms with van der Waals surface area (Å²) < 4.78 is 40.7. The summed E-state index contributed by atoms with van der Waals surface area (Å²) in [5.41, 5.74) is 5.67. The number of hydrogen-bond donors (Lipinski definition) is 1. The standard InChI is InChI=1S/C26H26F3N3/c1-4-32-16-24(26(27,28)29)31-25(32)19-11-9-18(10-12-19)13-21-14-20(15-30-21)23-8-6-5-7-22(23)17(2)3/h5-12,14-17,30H,4,13H2,1-3H3. The van der Waals surface area contributed by atoms with E-state index < -0.39 is 11.9 Å². The molecule has 0 spiro atoms. The third-order valence-electron chi connectivity index (χ3n) is 5.65. The summed E-state index contributed by atoms with van der Waals surface area (Å²) in [6.07, 6.45) is -0.644. The Bertz CT molecular complexity index is 1200. The van der Waals surface area contributed by atoms with Crippen molar-refractivity contribution < 1.29 is 13.2 Å². The normalized spacial score (nSPS) is 12.0. The highest BCUT2D eigenvalue weighted by atomic mass is 19.4. The first kappa shape index (κ1) is 21.9. The second-order valence-corrected chi connectivity index (χ2v) is 8.26. The summed E-state index contributed by atoms with van der Waals surface area (Å²) in [5, 5.41) is 0. The number of alkyl halides is 3. The number of H-pyrrole nitrogens is 1. The molecule has 2 aromatic carbocycles. The molecule has 0 atom stereocenters. The molecule has 0 aliphatic rings. The highest BCUT2D eigenvalue weighted by Gasteiger charge is 2.34. The van der Waals surface area contributed by atoms with Gasteiger partial charge in [0.1, 0.15) is 5.82 Å². The smallest absolute Gasteiger partial charge is 0.364 e. The number of nitrogens with one attached hydrogen (secondary N) is 1. The summed E-state index contributed by atoms with van der Waals surface area (Å²) in [5.74, 6) is 0.768. The third-order valence-corrected chi connectivity index (χ3v) is 5.65. The fraction of sp³-hybridized carbons (Fsp3) is 0.269. The molecule has 0 unspecified atom stereocenters. The lowest BCUT2D eigenvalue weighted by Gasteiger charge is -2.11. The van der Waals surface area contributed by atoms with Crippen molar-refractivity contribution in [3.05, 3.63) is 89.5 Å². The van der Waals surface area contributed by atoms with Crippen LogP contribution in [0.5, 0.6) is 0 Å². The Morgan fingerprint density at radius 2 is 1.72 bits per heavy atom. The molecule has 2 aromatic heterocycles. The average molecular weight is 438 g/mol. The summed E-state index contributed by atoms with van der Waals surface area (Å²) in [7, 11) is 0. The lowest BCUT2D eigenvalue weighted by molar-refractivity contribution is -0.140. The lowest BCUT2D eigenvalue weighted by Crippen LogP contribution is -2.05. The van der Waals surface area contributed by atoms with Gasteiger partial charge >= 0.3 is 6.18 Å². The first-order valence-corrected chi connectivity index (χ1v) is 10.8. The van der Waals surface area contributed by atoms with Gasteiger partial charge in [-0.05, 0) is 41.2 Å². The monoisotopic (exact) mass is 437 g/mol. The van der Waals surface area contributed by atoms with Gasteiger partial charge in [0.05, 0.1) is 0 Å². The average Bonchev–Trinajstić information content (AvgIpc) is 3.41. The molecule has 0 saturated heterocycles. The van der Waals surface area contributed by atoms with Gasteiger partial charge in [0, 0.05) is 36.6 Å². The van der Waals surface area contributed by atoms with E-state index in [4.69, 9.17) is 0 Å². The van der Waals surface area contributed by atoms with Crippen LogP contribution in [0.3, 0.4) is 0 Å². The van der Waals surface area contributed by atoms with Gasteiger partial charge in [-0.15, -0.1) is 0 Å². The number of aryl methyl sites for hydroxylation is 1. The summed E-state index contributed by atoms with van der Waals surface area (Å²) >= 11 is 0. The molecule has 4 rings (SSSR count). The van der Waals surface area contributed by atoms with E-state index in [0.29, 0.717) is 30.3 Å². The van der Waals surface area contributed by atoms with Crippen LogP contribution in [-0.4, -0.2) is 14.5 Å². The quantitative estimate of drug-likeness (QED) is 0.337. The van der Waals surface area contributed by atoms with Crippen LogP contribution in [0.4, 0.5) is 13.2 Å². The maximum atomic E-state index is 13.1. The maximum absolute atomic E-state index is 13.1. The molecule has 0 radical (unpaired) electrons. The first-order valence-electron chi connectivity index (χ1n) is 10.8. The molecule has 0 amide bonds. The van der Waals surface area contributed by atoms with Crippen molar-refractivity contribution in [2.24, 2.45) is 0 Å². The van der Waals surface area contributed by atoms with Crippen molar-refractivity contribution in [3.8, 4) is 22.5 Å². The van der Waals surface area contributed by atoms with Crippen LogP contribution in [-0.2, 0) is 19.1 Å². The number of imidazole rings is 1. The Balaban J connectivity index is 1.54. The number of aromatic nitrogens is 3. The molecular formula is C26H26F3N3. The van der Waals surface area contributed by atoms with Crippen molar-refractivity contribution in [1.29, 1.82) is 0 Å². The van der Waals surface area contributed by atoms with Crippen LogP contribution in [0.2, 0.25) is 0 Å². The van der Waals surface area contributed by atoms with Crippen molar-refractivity contribution in [3.63, 3.8) is 0 Å². The van der Waals surface area contributed by atoms with E-state index in [9.17, 15) is 13.2 Å². The minimum atomic E-state index is -4.45. The van der Waals surface area contributed by atoms with Gasteiger partial charge in [-0.2, -0.15) is 13.2 Å². The molecule has 6 heteroatoms. The lowest BCUT2D eigenvalue weighted by atomic mass is 9.94. The maximum Gasteiger partial charge on any atom is 0.434 e. The van der Waals surface area contributed by atoms with E-state index >= 15 is 0 Å². The van der Waals surface area contributed by atoms with Gasteiger partial charge in [0.15, 0.2) is 5.69 Å². The molecule has 0 saturated carbocycles. The predicted molar refractivity (Wildman–Crippen MR) is 121 cm³/mol. The highest BCUT2D eigenvalue weighted by Crippen LogP contribution is 2.32. The van der Waals surface area contributed by atoms with Crippen LogP contribution >= 0.6 is 0 Å². The first-order chi connectivity index (χ1) is 15.3. The number of nitrogens with zero attached hydrogens (tertiary/aromatic N) is 2. The van der Waals surface area contributed by atoms with Gasteiger partial charge in [-0.3, -0.25) is 0 Å². The summed E-state index contributed by atoms with van der Waals surface area (Å²) in [6, 6.07) is 18.1. The zero-order valence-corrected chi connectivity index (χ0v) is 18.4. The Labute approximate surface area is 186 Å². The van der Waals surface area contributed by atoms with Crippen molar-refractivity contribution in [1.82, 2.24) is 14.5 Å². The van der Waals surface area contributed by atoms with Crippen LogP contribution in [0.1, 0.15) is 49.2 Å². The minimum Gasteiger partial charge on any atom is -0.364 e. The Hall–Kier alpha value is -3.28. The van der Waals surface area contributed by atoms with E-state index in [0.717, 1.165) is 23.0 Å². The molecular weight excluding hydrogens is 411 g/mol. The zero-order valence-electron chi connectivity index (χ0n) is 18.4. The van der Waals surface area contributed by atoms with E-state index in [1.54, 1.807) is 6.92 Å². The highest BCUT2D eigenvalue weighted by molar-refractivity contribution is 5.68. The molecule has 166 valence electrons. The number of benzene rings is 2. The molecule has 1 N–H and O–H groups in total. The van der Waals surface area contributed by atoms with Gasteiger partial charge in [-0.1, -0.05) is 62.4 Å². The van der Waals surface area contributed by atoms with Crippen molar-refractivity contribution >= 4 is 0 Å². The Kier molecular flexibility index (Phi) is 5.96. The zero-order chi connectivity index (χ0) is 22.9. The third kappa shape index (κ3) is 4.49. The van der Waals surface area contributed by atoms with E-state index in [1.165, 1.54) is 15.7 Å². The number of halogens is 3. The SMILES string of the molecule is CCn1cc(C(F)(F)F)nc1-c1ccc(Cc2cc(-c3ccccc3C(C)C)c[nH]2)cc1. The summed E-state index contributed by atoms with van der Waals surface area (Å²) in [4.78, 5) is 7.19. The number of aromatic amines is 1. The molecule has 32 heavy (non-hydrogen) atoms. The van der Waals surface area contributed by atoms with E-state index in [-0.39, 0.29) is 0 Å². The second-order valence-electron chi connectivity index (χ2n) is 8.26. The van der Waals surface area contributed by atoms with Gasteiger partial charge in [0.25, 0.3) is 0 Å². The Morgan fingerprint density at radius 1 is 1.00 bits per heavy atom. The van der Waals surface area contributed by atoms with Gasteiger partial charge in [-0.25, -0.2) is 4.98 Å². The van der Waals surface area contributed by atoms with Gasteiger partial charge < -0.3 is 9.55 Å². The minimum absolute atomic E-state index is 0.332. The van der Waals surface area contributed by atoms with Gasteiger partial charge in [0.2, 0.25) is 0 Å². The van der Waals surface area contributed by atoms with Crippen LogP contribution in [0.15, 0.2) is 67.0 Å². The molecule has 2 heterocycles. The van der Waals surface area contributed by atoms with Crippen LogP contribution < -0.4 is 0 Å². The fourth-order valence-electron chi connectivity index (χ4n) is 3.98. The number of rotatable bonds is 6. The molecule has 3 nitrogen and oxygen atoms in total. The molecule has 0 aliphatic carbocycles.